The summed E-state index contributed by atoms with van der Waals surface area (Å²) in [5, 5.41) is 7.08. The van der Waals surface area contributed by atoms with Gasteiger partial charge in [-0.25, -0.2) is 28.1 Å². The number of rotatable bonds is 7. The van der Waals surface area contributed by atoms with Crippen molar-refractivity contribution in [2.75, 3.05) is 32.6 Å². The molecule has 0 amide bonds. The van der Waals surface area contributed by atoms with Crippen LogP contribution in [0.15, 0.2) is 30.6 Å². The van der Waals surface area contributed by atoms with Crippen LogP contribution < -0.4 is 15.4 Å². The maximum Gasteiger partial charge on any atom is 0.266 e. The standard InChI is InChI=1S/C23H26F3N5O2/c1-13(14-5-4-6-15(18(14)24)20(25)26)30-21-16-11-17(23(33-3)7-9-27-10-8-23)31-22(32-2)19(16)28-12-29-21/h4-6,11-13,20,27H,7-10H2,1-3H3,(H,28,29,30)/t13-/m1/s1. The molecule has 2 aromatic heterocycles. The SMILES string of the molecule is COc1nc(C2(OC)CCNCC2)cc2c(N[C@H](C)c3cccc(C(F)F)c3F)ncnc12. The first kappa shape index (κ1) is 23.2. The zero-order valence-electron chi connectivity index (χ0n) is 18.7. The van der Waals surface area contributed by atoms with Crippen LogP contribution in [0.2, 0.25) is 0 Å². The Balaban J connectivity index is 1.78. The number of halogens is 3. The van der Waals surface area contributed by atoms with E-state index in [1.807, 2.05) is 6.07 Å². The first-order valence-corrected chi connectivity index (χ1v) is 10.7. The maximum atomic E-state index is 14.7. The van der Waals surface area contributed by atoms with Gasteiger partial charge in [0.15, 0.2) is 0 Å². The topological polar surface area (TPSA) is 81.2 Å². The summed E-state index contributed by atoms with van der Waals surface area (Å²) in [6.45, 7) is 3.25. The molecule has 1 aliphatic rings. The van der Waals surface area contributed by atoms with E-state index in [1.165, 1.54) is 25.6 Å². The molecule has 33 heavy (non-hydrogen) atoms. The molecule has 0 radical (unpaired) electrons. The molecule has 0 bridgehead atoms. The molecule has 0 saturated carbocycles. The Kier molecular flexibility index (Phi) is 6.66. The van der Waals surface area contributed by atoms with Crippen LogP contribution >= 0.6 is 0 Å². The second-order valence-electron chi connectivity index (χ2n) is 8.00. The smallest absolute Gasteiger partial charge is 0.266 e. The van der Waals surface area contributed by atoms with Gasteiger partial charge in [0.2, 0.25) is 5.88 Å². The van der Waals surface area contributed by atoms with Gasteiger partial charge in [-0.3, -0.25) is 0 Å². The van der Waals surface area contributed by atoms with Gasteiger partial charge in [0.25, 0.3) is 6.43 Å². The van der Waals surface area contributed by atoms with Gasteiger partial charge in [-0.2, -0.15) is 0 Å². The minimum absolute atomic E-state index is 0.118. The minimum atomic E-state index is -2.90. The monoisotopic (exact) mass is 461 g/mol. The molecule has 0 aliphatic carbocycles. The lowest BCUT2D eigenvalue weighted by molar-refractivity contribution is -0.0426. The van der Waals surface area contributed by atoms with Crippen molar-refractivity contribution in [2.45, 2.75) is 37.8 Å². The molecule has 10 heteroatoms. The Morgan fingerprint density at radius 1 is 1.12 bits per heavy atom. The van der Waals surface area contributed by atoms with Crippen LogP contribution in [0, 0.1) is 5.82 Å². The fraction of sp³-hybridized carbons (Fsp3) is 0.435. The first-order valence-electron chi connectivity index (χ1n) is 10.7. The van der Waals surface area contributed by atoms with E-state index in [4.69, 9.17) is 9.47 Å². The summed E-state index contributed by atoms with van der Waals surface area (Å²) in [7, 11) is 3.17. The van der Waals surface area contributed by atoms with E-state index in [0.717, 1.165) is 32.0 Å². The molecule has 0 unspecified atom stereocenters. The number of nitrogens with zero attached hydrogens (tertiary/aromatic N) is 3. The Morgan fingerprint density at radius 3 is 2.52 bits per heavy atom. The molecule has 176 valence electrons. The summed E-state index contributed by atoms with van der Waals surface area (Å²) < 4.78 is 52.5. The van der Waals surface area contributed by atoms with E-state index >= 15 is 0 Å². The highest BCUT2D eigenvalue weighted by molar-refractivity contribution is 5.92. The molecule has 3 heterocycles. The van der Waals surface area contributed by atoms with Crippen LogP contribution in [0.3, 0.4) is 0 Å². The van der Waals surface area contributed by atoms with Crippen LogP contribution in [0.25, 0.3) is 10.9 Å². The fourth-order valence-corrected chi connectivity index (χ4v) is 4.27. The van der Waals surface area contributed by atoms with Gasteiger partial charge < -0.3 is 20.1 Å². The lowest BCUT2D eigenvalue weighted by Crippen LogP contribution is -2.41. The van der Waals surface area contributed by atoms with E-state index in [0.29, 0.717) is 28.3 Å². The van der Waals surface area contributed by atoms with Crippen molar-refractivity contribution >= 4 is 16.7 Å². The lowest BCUT2D eigenvalue weighted by atomic mass is 9.87. The molecule has 7 nitrogen and oxygen atoms in total. The highest BCUT2D eigenvalue weighted by Gasteiger charge is 2.36. The van der Waals surface area contributed by atoms with Gasteiger partial charge in [-0.15, -0.1) is 0 Å². The highest BCUT2D eigenvalue weighted by atomic mass is 19.3. The third kappa shape index (κ3) is 4.32. The van der Waals surface area contributed by atoms with Crippen LogP contribution in [-0.4, -0.2) is 42.3 Å². The van der Waals surface area contributed by atoms with Crippen LogP contribution in [0.4, 0.5) is 19.0 Å². The highest BCUT2D eigenvalue weighted by Crippen LogP contribution is 2.38. The van der Waals surface area contributed by atoms with Crippen molar-refractivity contribution < 1.29 is 22.6 Å². The van der Waals surface area contributed by atoms with Crippen molar-refractivity contribution in [3.63, 3.8) is 0 Å². The van der Waals surface area contributed by atoms with Crippen LogP contribution in [-0.2, 0) is 10.3 Å². The Morgan fingerprint density at radius 2 is 1.85 bits per heavy atom. The van der Waals surface area contributed by atoms with Gasteiger partial charge in [0.1, 0.15) is 29.1 Å². The number of benzene rings is 1. The van der Waals surface area contributed by atoms with Crippen LogP contribution in [0.1, 0.15) is 49.1 Å². The predicted molar refractivity (Wildman–Crippen MR) is 118 cm³/mol. The van der Waals surface area contributed by atoms with Gasteiger partial charge in [0, 0.05) is 12.7 Å². The number of hydrogen-bond donors (Lipinski definition) is 2. The molecule has 1 fully saturated rings. The van der Waals surface area contributed by atoms with Gasteiger partial charge in [-0.1, -0.05) is 18.2 Å². The summed E-state index contributed by atoms with van der Waals surface area (Å²) in [6, 6.07) is 5.20. The number of hydrogen-bond acceptors (Lipinski definition) is 7. The molecular formula is C23H26F3N5O2. The molecule has 2 N–H and O–H groups in total. The number of aromatic nitrogens is 3. The molecule has 0 spiro atoms. The minimum Gasteiger partial charge on any atom is -0.479 e. The van der Waals surface area contributed by atoms with E-state index in [2.05, 4.69) is 25.6 Å². The quantitative estimate of drug-likeness (QED) is 0.536. The average Bonchev–Trinajstić information content (AvgIpc) is 2.83. The van der Waals surface area contributed by atoms with Crippen molar-refractivity contribution in [3.05, 3.63) is 53.2 Å². The fourth-order valence-electron chi connectivity index (χ4n) is 4.27. The molecule has 3 aromatic rings. The zero-order chi connectivity index (χ0) is 23.6. The van der Waals surface area contributed by atoms with Crippen molar-refractivity contribution in [1.82, 2.24) is 20.3 Å². The first-order chi connectivity index (χ1) is 15.9. The van der Waals surface area contributed by atoms with Gasteiger partial charge in [-0.05, 0) is 38.9 Å². The lowest BCUT2D eigenvalue weighted by Gasteiger charge is -2.36. The van der Waals surface area contributed by atoms with E-state index in [-0.39, 0.29) is 5.56 Å². The second-order valence-corrected chi connectivity index (χ2v) is 8.00. The summed E-state index contributed by atoms with van der Waals surface area (Å²) in [4.78, 5) is 13.3. The maximum absolute atomic E-state index is 14.7. The van der Waals surface area contributed by atoms with Crippen molar-refractivity contribution in [1.29, 1.82) is 0 Å². The number of methoxy groups -OCH3 is 2. The molecule has 1 saturated heterocycles. The number of nitrogens with one attached hydrogen (secondary N) is 2. The molecule has 1 atom stereocenters. The zero-order valence-corrected chi connectivity index (χ0v) is 18.7. The van der Waals surface area contributed by atoms with Gasteiger partial charge in [0.05, 0.1) is 29.8 Å². The Labute approximate surface area is 189 Å². The summed E-state index contributed by atoms with van der Waals surface area (Å²) in [5.41, 5.74) is 0.0610. The van der Waals surface area contributed by atoms with Crippen molar-refractivity contribution in [3.8, 4) is 5.88 Å². The van der Waals surface area contributed by atoms with Crippen molar-refractivity contribution in [2.24, 2.45) is 0 Å². The molecule has 1 aromatic carbocycles. The molecule has 4 rings (SSSR count). The molecular weight excluding hydrogens is 435 g/mol. The second kappa shape index (κ2) is 9.48. The number of ether oxygens (including phenoxy) is 2. The number of alkyl halides is 2. The largest absolute Gasteiger partial charge is 0.479 e. The summed E-state index contributed by atoms with van der Waals surface area (Å²) in [5.74, 6) is -0.197. The Bertz CT molecular complexity index is 1140. The number of pyridine rings is 1. The summed E-state index contributed by atoms with van der Waals surface area (Å²) >= 11 is 0. The Hall–Kier alpha value is -2.98. The number of fused-ring (bicyclic) bond motifs is 1. The van der Waals surface area contributed by atoms with E-state index < -0.39 is 29.4 Å². The number of piperidine rings is 1. The molecule has 1 aliphatic heterocycles. The average molecular weight is 461 g/mol. The van der Waals surface area contributed by atoms with Gasteiger partial charge >= 0.3 is 0 Å². The van der Waals surface area contributed by atoms with E-state index in [1.54, 1.807) is 14.0 Å². The normalized spacial score (nSPS) is 16.7. The predicted octanol–water partition coefficient (Wildman–Crippen LogP) is 4.51. The summed E-state index contributed by atoms with van der Waals surface area (Å²) in [6.07, 6.45) is -0.0953. The third-order valence-corrected chi connectivity index (χ3v) is 6.16. The third-order valence-electron chi connectivity index (χ3n) is 6.16. The van der Waals surface area contributed by atoms with E-state index in [9.17, 15) is 13.2 Å². The number of anilines is 1. The van der Waals surface area contributed by atoms with Crippen LogP contribution in [0.5, 0.6) is 5.88 Å².